The highest BCUT2D eigenvalue weighted by molar-refractivity contribution is 9.10. The topological polar surface area (TPSA) is 25.2 Å². The summed E-state index contributed by atoms with van der Waals surface area (Å²) >= 11 is 3.32. The van der Waals surface area contributed by atoms with Gasteiger partial charge in [0.05, 0.1) is 6.04 Å². The zero-order valence-corrected chi connectivity index (χ0v) is 12.1. The summed E-state index contributed by atoms with van der Waals surface area (Å²) < 4.78 is 6.30. The molecule has 18 heavy (non-hydrogen) atoms. The lowest BCUT2D eigenvalue weighted by Crippen LogP contribution is -2.19. The Morgan fingerprint density at radius 3 is 2.61 bits per heavy atom. The second-order valence-corrected chi connectivity index (χ2v) is 5.19. The summed E-state index contributed by atoms with van der Waals surface area (Å²) in [6.45, 7) is 3.11. The van der Waals surface area contributed by atoms with Crippen molar-refractivity contribution >= 4 is 15.9 Å². The van der Waals surface area contributed by atoms with Gasteiger partial charge in [-0.1, -0.05) is 30.3 Å². The standard InChI is InChI=1S/C15H18BrNO/c1-12(14-9-10-15(16)18-14)17-11-5-8-13-6-3-2-4-7-13/h2-4,6-7,9-10,12,17H,5,8,11H2,1H3. The van der Waals surface area contributed by atoms with Crippen LogP contribution in [0.25, 0.3) is 0 Å². The van der Waals surface area contributed by atoms with Crippen LogP contribution < -0.4 is 5.32 Å². The second-order valence-electron chi connectivity index (χ2n) is 4.41. The van der Waals surface area contributed by atoms with Gasteiger partial charge in [-0.25, -0.2) is 0 Å². The van der Waals surface area contributed by atoms with Crippen LogP contribution in [0, 0.1) is 0 Å². The number of halogens is 1. The van der Waals surface area contributed by atoms with Gasteiger partial charge in [0.2, 0.25) is 0 Å². The minimum Gasteiger partial charge on any atom is -0.453 e. The Kier molecular flexibility index (Phi) is 5.02. The van der Waals surface area contributed by atoms with E-state index >= 15 is 0 Å². The largest absolute Gasteiger partial charge is 0.453 e. The van der Waals surface area contributed by atoms with Gasteiger partial charge in [0.1, 0.15) is 5.76 Å². The number of furan rings is 1. The number of aryl methyl sites for hydroxylation is 1. The molecule has 96 valence electrons. The van der Waals surface area contributed by atoms with Gasteiger partial charge in [-0.15, -0.1) is 0 Å². The fraction of sp³-hybridized carbons (Fsp3) is 0.333. The predicted octanol–water partition coefficient (Wildman–Crippen LogP) is 4.33. The number of hydrogen-bond donors (Lipinski definition) is 1. The Morgan fingerprint density at radius 1 is 1.17 bits per heavy atom. The van der Waals surface area contributed by atoms with Crippen LogP contribution >= 0.6 is 15.9 Å². The van der Waals surface area contributed by atoms with Crippen LogP contribution in [0.3, 0.4) is 0 Å². The zero-order chi connectivity index (χ0) is 12.8. The molecule has 1 aromatic carbocycles. The third-order valence-electron chi connectivity index (χ3n) is 2.96. The molecule has 0 fully saturated rings. The third kappa shape index (κ3) is 4.00. The van der Waals surface area contributed by atoms with Crippen molar-refractivity contribution < 1.29 is 4.42 Å². The fourth-order valence-electron chi connectivity index (χ4n) is 1.92. The van der Waals surface area contributed by atoms with Crippen LogP contribution in [0.5, 0.6) is 0 Å². The van der Waals surface area contributed by atoms with Gasteiger partial charge in [-0.2, -0.15) is 0 Å². The molecule has 2 rings (SSSR count). The maximum atomic E-state index is 5.51. The molecule has 0 saturated heterocycles. The van der Waals surface area contributed by atoms with Crippen LogP contribution in [-0.4, -0.2) is 6.54 Å². The average molecular weight is 308 g/mol. The highest BCUT2D eigenvalue weighted by Gasteiger charge is 2.08. The number of rotatable bonds is 6. The van der Waals surface area contributed by atoms with Crippen molar-refractivity contribution in [3.05, 3.63) is 58.5 Å². The lowest BCUT2D eigenvalue weighted by atomic mass is 10.1. The first-order valence-electron chi connectivity index (χ1n) is 6.28. The van der Waals surface area contributed by atoms with E-state index in [1.807, 2.05) is 12.1 Å². The smallest absolute Gasteiger partial charge is 0.169 e. The highest BCUT2D eigenvalue weighted by atomic mass is 79.9. The minimum atomic E-state index is 0.257. The molecular weight excluding hydrogens is 290 g/mol. The Hall–Kier alpha value is -1.06. The molecule has 0 amide bonds. The molecule has 1 unspecified atom stereocenters. The second kappa shape index (κ2) is 6.76. The summed E-state index contributed by atoms with van der Waals surface area (Å²) in [6.07, 6.45) is 2.25. The van der Waals surface area contributed by atoms with Crippen molar-refractivity contribution in [2.75, 3.05) is 6.54 Å². The summed E-state index contributed by atoms with van der Waals surface area (Å²) in [7, 11) is 0. The van der Waals surface area contributed by atoms with Crippen molar-refractivity contribution in [1.29, 1.82) is 0 Å². The first kappa shape index (κ1) is 13.4. The Bertz CT molecular complexity index is 466. The van der Waals surface area contributed by atoms with Crippen LogP contribution in [0.2, 0.25) is 0 Å². The van der Waals surface area contributed by atoms with Crippen molar-refractivity contribution in [1.82, 2.24) is 5.32 Å². The van der Waals surface area contributed by atoms with Crippen LogP contribution in [0.4, 0.5) is 0 Å². The zero-order valence-electron chi connectivity index (χ0n) is 10.5. The maximum absolute atomic E-state index is 5.51. The molecule has 0 aliphatic rings. The van der Waals surface area contributed by atoms with E-state index in [1.54, 1.807) is 0 Å². The number of nitrogens with one attached hydrogen (secondary N) is 1. The SMILES string of the molecule is CC(NCCCc1ccccc1)c1ccc(Br)o1. The van der Waals surface area contributed by atoms with E-state index < -0.39 is 0 Å². The summed E-state index contributed by atoms with van der Waals surface area (Å²) in [5.74, 6) is 0.974. The van der Waals surface area contributed by atoms with Gasteiger partial charge in [0, 0.05) is 0 Å². The first-order chi connectivity index (χ1) is 8.75. The number of hydrogen-bond acceptors (Lipinski definition) is 2. The highest BCUT2D eigenvalue weighted by Crippen LogP contribution is 2.19. The molecule has 2 aromatic rings. The molecular formula is C15H18BrNO. The van der Waals surface area contributed by atoms with E-state index in [0.717, 1.165) is 29.8 Å². The molecule has 3 heteroatoms. The fourth-order valence-corrected chi connectivity index (χ4v) is 2.24. The third-order valence-corrected chi connectivity index (χ3v) is 3.38. The summed E-state index contributed by atoms with van der Waals surface area (Å²) in [4.78, 5) is 0. The van der Waals surface area contributed by atoms with E-state index in [-0.39, 0.29) is 6.04 Å². The van der Waals surface area contributed by atoms with E-state index in [9.17, 15) is 0 Å². The normalized spacial score (nSPS) is 12.6. The predicted molar refractivity (Wildman–Crippen MR) is 77.6 cm³/mol. The molecule has 0 radical (unpaired) electrons. The van der Waals surface area contributed by atoms with Crippen molar-refractivity contribution in [2.45, 2.75) is 25.8 Å². The monoisotopic (exact) mass is 307 g/mol. The first-order valence-corrected chi connectivity index (χ1v) is 7.07. The van der Waals surface area contributed by atoms with Crippen LogP contribution in [0.15, 0.2) is 51.6 Å². The van der Waals surface area contributed by atoms with Crippen LogP contribution in [-0.2, 0) is 6.42 Å². The summed E-state index contributed by atoms with van der Waals surface area (Å²) in [6, 6.07) is 14.8. The maximum Gasteiger partial charge on any atom is 0.169 e. The molecule has 0 bridgehead atoms. The van der Waals surface area contributed by atoms with Crippen LogP contribution in [0.1, 0.15) is 30.7 Å². The molecule has 0 spiro atoms. The van der Waals surface area contributed by atoms with E-state index in [0.29, 0.717) is 0 Å². The Morgan fingerprint density at radius 2 is 1.94 bits per heavy atom. The van der Waals surface area contributed by atoms with Gasteiger partial charge in [0.15, 0.2) is 4.67 Å². The Labute approximate surface area is 117 Å². The lowest BCUT2D eigenvalue weighted by Gasteiger charge is -2.11. The van der Waals surface area contributed by atoms with E-state index in [4.69, 9.17) is 4.42 Å². The molecule has 1 N–H and O–H groups in total. The quantitative estimate of drug-likeness (QED) is 0.804. The molecule has 1 atom stereocenters. The van der Waals surface area contributed by atoms with Gasteiger partial charge in [-0.05, 0) is 59.9 Å². The molecule has 1 heterocycles. The molecule has 2 nitrogen and oxygen atoms in total. The summed E-state index contributed by atoms with van der Waals surface area (Å²) in [5, 5.41) is 3.47. The van der Waals surface area contributed by atoms with E-state index in [2.05, 4.69) is 58.5 Å². The van der Waals surface area contributed by atoms with Crippen molar-refractivity contribution in [3.8, 4) is 0 Å². The molecule has 0 aliphatic carbocycles. The molecule has 0 saturated carbocycles. The van der Waals surface area contributed by atoms with Crippen molar-refractivity contribution in [3.63, 3.8) is 0 Å². The van der Waals surface area contributed by atoms with Gasteiger partial charge in [0.25, 0.3) is 0 Å². The minimum absolute atomic E-state index is 0.257. The summed E-state index contributed by atoms with van der Waals surface area (Å²) in [5.41, 5.74) is 1.40. The van der Waals surface area contributed by atoms with Crippen molar-refractivity contribution in [2.24, 2.45) is 0 Å². The average Bonchev–Trinajstić information content (AvgIpc) is 2.82. The lowest BCUT2D eigenvalue weighted by molar-refractivity contribution is 0.417. The van der Waals surface area contributed by atoms with Gasteiger partial charge < -0.3 is 9.73 Å². The number of benzene rings is 1. The van der Waals surface area contributed by atoms with Gasteiger partial charge in [-0.3, -0.25) is 0 Å². The molecule has 1 aromatic heterocycles. The molecule has 0 aliphatic heterocycles. The Balaban J connectivity index is 1.69. The van der Waals surface area contributed by atoms with E-state index in [1.165, 1.54) is 5.56 Å². The van der Waals surface area contributed by atoms with Gasteiger partial charge >= 0.3 is 0 Å².